The van der Waals surface area contributed by atoms with E-state index >= 15 is 0 Å². The molecule has 3 N–H and O–H groups in total. The van der Waals surface area contributed by atoms with Crippen molar-refractivity contribution in [3.05, 3.63) is 29.8 Å². The van der Waals surface area contributed by atoms with Crippen LogP contribution in [-0.4, -0.2) is 35.9 Å². The Labute approximate surface area is 129 Å². The maximum absolute atomic E-state index is 11.9. The first kappa shape index (κ1) is 15.9. The van der Waals surface area contributed by atoms with E-state index in [9.17, 15) is 9.59 Å². The van der Waals surface area contributed by atoms with Gasteiger partial charge in [0.2, 0.25) is 11.8 Å². The average Bonchev–Trinajstić information content (AvgIpc) is 2.46. The molecule has 1 unspecified atom stereocenters. The minimum absolute atomic E-state index is 0.0555. The Bertz CT molecular complexity index is 501. The Kier molecular flexibility index (Phi) is 6.07. The first-order valence-electron chi connectivity index (χ1n) is 7.08. The second-order valence-corrected chi connectivity index (χ2v) is 6.24. The lowest BCUT2D eigenvalue weighted by molar-refractivity contribution is -0.121. The molecule has 114 valence electrons. The molecule has 1 saturated heterocycles. The lowest BCUT2D eigenvalue weighted by atomic mass is 10.2. The zero-order valence-electron chi connectivity index (χ0n) is 12.1. The zero-order chi connectivity index (χ0) is 15.1. The monoisotopic (exact) mass is 307 g/mol. The van der Waals surface area contributed by atoms with E-state index in [4.69, 9.17) is 0 Å². The van der Waals surface area contributed by atoms with E-state index in [1.54, 1.807) is 0 Å². The summed E-state index contributed by atoms with van der Waals surface area (Å²) in [5.41, 5.74) is 1.72. The van der Waals surface area contributed by atoms with Gasteiger partial charge in [0.05, 0.1) is 0 Å². The first-order chi connectivity index (χ1) is 10.1. The number of hydrogen-bond donors (Lipinski definition) is 3. The van der Waals surface area contributed by atoms with Gasteiger partial charge in [0.25, 0.3) is 0 Å². The average molecular weight is 307 g/mol. The fourth-order valence-electron chi connectivity index (χ4n) is 2.21. The third-order valence-electron chi connectivity index (χ3n) is 3.17. The number of amides is 2. The molecule has 1 aliphatic heterocycles. The number of nitrogens with one attached hydrogen (secondary N) is 3. The molecular weight excluding hydrogens is 286 g/mol. The van der Waals surface area contributed by atoms with Crippen LogP contribution < -0.4 is 16.0 Å². The number of benzene rings is 1. The summed E-state index contributed by atoms with van der Waals surface area (Å²) in [4.78, 5) is 22.9. The summed E-state index contributed by atoms with van der Waals surface area (Å²) < 4.78 is 0. The van der Waals surface area contributed by atoms with E-state index in [-0.39, 0.29) is 17.9 Å². The zero-order valence-corrected chi connectivity index (χ0v) is 13.0. The second-order valence-electron chi connectivity index (χ2n) is 5.09. The highest BCUT2D eigenvalue weighted by atomic mass is 32.2. The molecule has 6 heteroatoms. The summed E-state index contributed by atoms with van der Waals surface area (Å²) in [7, 11) is 0. The highest BCUT2D eigenvalue weighted by molar-refractivity contribution is 7.99. The van der Waals surface area contributed by atoms with Gasteiger partial charge < -0.3 is 16.0 Å². The summed E-state index contributed by atoms with van der Waals surface area (Å²) in [6.45, 7) is 2.93. The van der Waals surface area contributed by atoms with Crippen molar-refractivity contribution in [2.45, 2.75) is 25.9 Å². The van der Waals surface area contributed by atoms with E-state index in [0.717, 1.165) is 29.3 Å². The van der Waals surface area contributed by atoms with Crippen molar-refractivity contribution >= 4 is 29.3 Å². The van der Waals surface area contributed by atoms with Crippen LogP contribution in [-0.2, 0) is 16.1 Å². The molecule has 2 rings (SSSR count). The molecule has 21 heavy (non-hydrogen) atoms. The van der Waals surface area contributed by atoms with Gasteiger partial charge >= 0.3 is 0 Å². The van der Waals surface area contributed by atoms with Crippen LogP contribution in [0.25, 0.3) is 0 Å². The third-order valence-corrected chi connectivity index (χ3v) is 4.30. The summed E-state index contributed by atoms with van der Waals surface area (Å²) >= 11 is 1.88. The number of hydrogen-bond acceptors (Lipinski definition) is 4. The summed E-state index contributed by atoms with van der Waals surface area (Å²) in [5.74, 6) is 2.07. The normalized spacial score (nSPS) is 18.0. The molecular formula is C15H21N3O2S. The number of thioether (sulfide) groups is 1. The largest absolute Gasteiger partial charge is 0.352 e. The Balaban J connectivity index is 1.79. The van der Waals surface area contributed by atoms with Gasteiger partial charge in [0.15, 0.2) is 0 Å². The highest BCUT2D eigenvalue weighted by Crippen LogP contribution is 2.12. The van der Waals surface area contributed by atoms with Crippen LogP contribution >= 0.6 is 11.8 Å². The van der Waals surface area contributed by atoms with Crippen molar-refractivity contribution in [3.63, 3.8) is 0 Å². The van der Waals surface area contributed by atoms with Crippen LogP contribution in [0, 0.1) is 0 Å². The standard InChI is InChI=1S/C15H21N3O2S/c1-11(19)18-13-4-2-3-12(7-13)9-17-15(20)8-14-10-21-6-5-16-14/h2-4,7,14,16H,5-6,8-10H2,1H3,(H,17,20)(H,18,19). The van der Waals surface area contributed by atoms with Gasteiger partial charge in [-0.3, -0.25) is 9.59 Å². The van der Waals surface area contributed by atoms with Crippen LogP contribution in [0.15, 0.2) is 24.3 Å². The molecule has 0 spiro atoms. The molecule has 0 bridgehead atoms. The second kappa shape index (κ2) is 8.05. The Morgan fingerprint density at radius 3 is 3.00 bits per heavy atom. The maximum Gasteiger partial charge on any atom is 0.221 e. The summed E-state index contributed by atoms with van der Waals surface area (Å²) in [5, 5.41) is 9.01. The molecule has 0 saturated carbocycles. The molecule has 1 heterocycles. The molecule has 1 aromatic carbocycles. The molecule has 1 fully saturated rings. The molecule has 0 aromatic heterocycles. The van der Waals surface area contributed by atoms with Gasteiger partial charge in [-0.05, 0) is 17.7 Å². The highest BCUT2D eigenvalue weighted by Gasteiger charge is 2.16. The van der Waals surface area contributed by atoms with E-state index in [1.807, 2.05) is 36.0 Å². The topological polar surface area (TPSA) is 70.2 Å². The van der Waals surface area contributed by atoms with Gasteiger partial charge in [-0.1, -0.05) is 12.1 Å². The van der Waals surface area contributed by atoms with Crippen molar-refractivity contribution in [3.8, 4) is 0 Å². The molecule has 2 amide bonds. The molecule has 0 radical (unpaired) electrons. The third kappa shape index (κ3) is 5.77. The minimum atomic E-state index is -0.0999. The smallest absolute Gasteiger partial charge is 0.221 e. The molecule has 0 aliphatic carbocycles. The van der Waals surface area contributed by atoms with Gasteiger partial charge in [-0.25, -0.2) is 0 Å². The van der Waals surface area contributed by atoms with E-state index < -0.39 is 0 Å². The summed E-state index contributed by atoms with van der Waals surface area (Å²) in [6.07, 6.45) is 0.512. The number of carbonyl (C=O) groups excluding carboxylic acids is 2. The lowest BCUT2D eigenvalue weighted by Gasteiger charge is -2.22. The van der Waals surface area contributed by atoms with E-state index in [0.29, 0.717) is 13.0 Å². The Morgan fingerprint density at radius 2 is 2.29 bits per heavy atom. The minimum Gasteiger partial charge on any atom is -0.352 e. The number of rotatable bonds is 5. The number of anilines is 1. The van der Waals surface area contributed by atoms with E-state index in [1.165, 1.54) is 6.92 Å². The van der Waals surface area contributed by atoms with Crippen molar-refractivity contribution in [2.24, 2.45) is 0 Å². The fraction of sp³-hybridized carbons (Fsp3) is 0.467. The predicted octanol–water partition coefficient (Wildman–Crippen LogP) is 1.36. The lowest BCUT2D eigenvalue weighted by Crippen LogP contribution is -2.41. The SMILES string of the molecule is CC(=O)Nc1cccc(CNC(=O)CC2CSCCN2)c1. The van der Waals surface area contributed by atoms with Crippen LogP contribution in [0.4, 0.5) is 5.69 Å². The van der Waals surface area contributed by atoms with Gasteiger partial charge in [0, 0.05) is 49.7 Å². The van der Waals surface area contributed by atoms with Crippen LogP contribution in [0.1, 0.15) is 18.9 Å². The van der Waals surface area contributed by atoms with Crippen molar-refractivity contribution in [1.82, 2.24) is 10.6 Å². The predicted molar refractivity (Wildman–Crippen MR) is 86.3 cm³/mol. The number of carbonyl (C=O) groups is 2. The Hall–Kier alpha value is -1.53. The molecule has 1 aromatic rings. The maximum atomic E-state index is 11.9. The molecule has 5 nitrogen and oxygen atoms in total. The first-order valence-corrected chi connectivity index (χ1v) is 8.23. The molecule has 1 aliphatic rings. The van der Waals surface area contributed by atoms with Crippen LogP contribution in [0.5, 0.6) is 0 Å². The van der Waals surface area contributed by atoms with Crippen molar-refractivity contribution < 1.29 is 9.59 Å². The van der Waals surface area contributed by atoms with Crippen molar-refractivity contribution in [2.75, 3.05) is 23.4 Å². The van der Waals surface area contributed by atoms with Gasteiger partial charge in [-0.2, -0.15) is 11.8 Å². The van der Waals surface area contributed by atoms with Crippen LogP contribution in [0.3, 0.4) is 0 Å². The Morgan fingerprint density at radius 1 is 1.43 bits per heavy atom. The quantitative estimate of drug-likeness (QED) is 0.768. The van der Waals surface area contributed by atoms with E-state index in [2.05, 4.69) is 16.0 Å². The van der Waals surface area contributed by atoms with Crippen LogP contribution in [0.2, 0.25) is 0 Å². The fourth-order valence-corrected chi connectivity index (χ4v) is 3.16. The van der Waals surface area contributed by atoms with Crippen molar-refractivity contribution in [1.29, 1.82) is 0 Å². The molecule has 1 atom stereocenters. The van der Waals surface area contributed by atoms with Gasteiger partial charge in [0.1, 0.15) is 0 Å². The van der Waals surface area contributed by atoms with Gasteiger partial charge in [-0.15, -0.1) is 0 Å². The summed E-state index contributed by atoms with van der Waals surface area (Å²) in [6, 6.07) is 7.77.